The SMILES string of the molecule is CC(C)c1cnc(NC(=O)Nc2cn3ccccc3n2)s1. The van der Waals surface area contributed by atoms with Crippen molar-refractivity contribution in [3.63, 3.8) is 0 Å². The van der Waals surface area contributed by atoms with E-state index in [2.05, 4.69) is 34.4 Å². The molecule has 3 aromatic heterocycles. The zero-order valence-electron chi connectivity index (χ0n) is 11.7. The molecule has 0 saturated heterocycles. The van der Waals surface area contributed by atoms with Crippen molar-refractivity contribution in [1.29, 1.82) is 0 Å². The van der Waals surface area contributed by atoms with E-state index in [1.807, 2.05) is 28.8 Å². The monoisotopic (exact) mass is 301 g/mol. The lowest BCUT2D eigenvalue weighted by Gasteiger charge is -2.01. The fraction of sp³-hybridized carbons (Fsp3) is 0.214. The van der Waals surface area contributed by atoms with Crippen LogP contribution in [-0.4, -0.2) is 20.4 Å². The van der Waals surface area contributed by atoms with Gasteiger partial charge in [0.2, 0.25) is 0 Å². The van der Waals surface area contributed by atoms with Crippen molar-refractivity contribution in [2.24, 2.45) is 0 Å². The molecule has 0 unspecified atom stereocenters. The molecule has 0 radical (unpaired) electrons. The highest BCUT2D eigenvalue weighted by molar-refractivity contribution is 7.15. The number of aromatic nitrogens is 3. The number of fused-ring (bicyclic) bond motifs is 1. The molecule has 3 aromatic rings. The lowest BCUT2D eigenvalue weighted by Crippen LogP contribution is -2.19. The topological polar surface area (TPSA) is 71.3 Å². The van der Waals surface area contributed by atoms with E-state index in [-0.39, 0.29) is 6.03 Å². The van der Waals surface area contributed by atoms with E-state index in [4.69, 9.17) is 0 Å². The van der Waals surface area contributed by atoms with E-state index in [9.17, 15) is 4.79 Å². The van der Waals surface area contributed by atoms with Gasteiger partial charge in [0.25, 0.3) is 0 Å². The molecule has 0 aliphatic carbocycles. The Balaban J connectivity index is 1.68. The third kappa shape index (κ3) is 3.03. The minimum Gasteiger partial charge on any atom is -0.305 e. The lowest BCUT2D eigenvalue weighted by molar-refractivity contribution is 0.262. The van der Waals surface area contributed by atoms with Crippen LogP contribution >= 0.6 is 11.3 Å². The van der Waals surface area contributed by atoms with Gasteiger partial charge < -0.3 is 4.40 Å². The zero-order chi connectivity index (χ0) is 14.8. The van der Waals surface area contributed by atoms with Crippen LogP contribution < -0.4 is 10.6 Å². The third-order valence-corrected chi connectivity index (χ3v) is 4.13. The first-order valence-electron chi connectivity index (χ1n) is 6.59. The summed E-state index contributed by atoms with van der Waals surface area (Å²) in [6.45, 7) is 4.18. The number of amides is 2. The van der Waals surface area contributed by atoms with Crippen LogP contribution in [0.15, 0.2) is 36.8 Å². The molecule has 0 atom stereocenters. The number of pyridine rings is 1. The summed E-state index contributed by atoms with van der Waals surface area (Å²) in [7, 11) is 0. The molecule has 2 amide bonds. The molecule has 0 aliphatic rings. The summed E-state index contributed by atoms with van der Waals surface area (Å²) in [5, 5.41) is 6.00. The van der Waals surface area contributed by atoms with Gasteiger partial charge in [0.1, 0.15) is 5.65 Å². The van der Waals surface area contributed by atoms with Gasteiger partial charge in [-0.05, 0) is 18.1 Å². The van der Waals surface area contributed by atoms with Crippen LogP contribution in [0.2, 0.25) is 0 Å². The van der Waals surface area contributed by atoms with Gasteiger partial charge in [-0.15, -0.1) is 11.3 Å². The Labute approximate surface area is 125 Å². The van der Waals surface area contributed by atoms with Crippen molar-refractivity contribution in [1.82, 2.24) is 14.4 Å². The second-order valence-electron chi connectivity index (χ2n) is 4.89. The van der Waals surface area contributed by atoms with Gasteiger partial charge in [-0.2, -0.15) is 0 Å². The van der Waals surface area contributed by atoms with Gasteiger partial charge in [0.05, 0.1) is 6.20 Å². The number of nitrogens with one attached hydrogen (secondary N) is 2. The average Bonchev–Trinajstić information content (AvgIpc) is 3.04. The van der Waals surface area contributed by atoms with E-state index >= 15 is 0 Å². The minimum atomic E-state index is -0.344. The Morgan fingerprint density at radius 2 is 2.19 bits per heavy atom. The first kappa shape index (κ1) is 13.6. The molecule has 0 fully saturated rings. The van der Waals surface area contributed by atoms with Gasteiger partial charge in [-0.1, -0.05) is 19.9 Å². The molecule has 3 heterocycles. The summed E-state index contributed by atoms with van der Waals surface area (Å²) in [6.07, 6.45) is 5.42. The molecule has 0 saturated carbocycles. The Morgan fingerprint density at radius 3 is 2.90 bits per heavy atom. The molecule has 7 heteroatoms. The normalized spacial score (nSPS) is 11.0. The molecule has 0 bridgehead atoms. The standard InChI is InChI=1S/C14H15N5OS/c1-9(2)10-7-15-14(21-10)18-13(20)17-11-8-19-6-4-3-5-12(19)16-11/h3-9H,1-2H3,(H2,15,17,18,20). The van der Waals surface area contributed by atoms with E-state index in [0.717, 1.165) is 10.5 Å². The van der Waals surface area contributed by atoms with Crippen molar-refractivity contribution >= 4 is 34.0 Å². The van der Waals surface area contributed by atoms with Crippen LogP contribution in [0.4, 0.5) is 15.7 Å². The van der Waals surface area contributed by atoms with Crippen molar-refractivity contribution < 1.29 is 4.79 Å². The van der Waals surface area contributed by atoms with Crippen molar-refractivity contribution in [2.45, 2.75) is 19.8 Å². The number of hydrogen-bond donors (Lipinski definition) is 2. The highest BCUT2D eigenvalue weighted by Crippen LogP contribution is 2.25. The lowest BCUT2D eigenvalue weighted by atomic mass is 10.2. The first-order valence-corrected chi connectivity index (χ1v) is 7.41. The largest absolute Gasteiger partial charge is 0.326 e. The maximum atomic E-state index is 11.9. The smallest absolute Gasteiger partial charge is 0.305 e. The molecule has 108 valence electrons. The van der Waals surface area contributed by atoms with Gasteiger partial charge in [-0.25, -0.2) is 14.8 Å². The number of nitrogens with zero attached hydrogens (tertiary/aromatic N) is 3. The fourth-order valence-corrected chi connectivity index (χ4v) is 2.66. The summed E-state index contributed by atoms with van der Waals surface area (Å²) in [5.74, 6) is 0.902. The Morgan fingerprint density at radius 1 is 1.33 bits per heavy atom. The van der Waals surface area contributed by atoms with E-state index in [0.29, 0.717) is 16.9 Å². The van der Waals surface area contributed by atoms with Gasteiger partial charge in [0, 0.05) is 17.3 Å². The Bertz CT molecular complexity index is 743. The molecule has 0 aliphatic heterocycles. The summed E-state index contributed by atoms with van der Waals surface area (Å²) >= 11 is 1.48. The van der Waals surface area contributed by atoms with Crippen molar-refractivity contribution in [2.75, 3.05) is 10.6 Å². The molecule has 6 nitrogen and oxygen atoms in total. The number of rotatable bonds is 3. The molecule has 0 spiro atoms. The number of carbonyl (C=O) groups excluding carboxylic acids is 1. The van der Waals surface area contributed by atoms with E-state index < -0.39 is 0 Å². The second-order valence-corrected chi connectivity index (χ2v) is 5.96. The number of hydrogen-bond acceptors (Lipinski definition) is 4. The van der Waals surface area contributed by atoms with Crippen molar-refractivity contribution in [3.05, 3.63) is 41.7 Å². The first-order chi connectivity index (χ1) is 10.1. The van der Waals surface area contributed by atoms with Crippen LogP contribution in [0.1, 0.15) is 24.6 Å². The predicted octanol–water partition coefficient (Wildman–Crippen LogP) is 3.56. The number of thiazole rings is 1. The maximum Gasteiger partial charge on any atom is 0.326 e. The Kier molecular flexibility index (Phi) is 3.57. The van der Waals surface area contributed by atoms with Crippen LogP contribution in [0.25, 0.3) is 5.65 Å². The van der Waals surface area contributed by atoms with Crippen LogP contribution in [0, 0.1) is 0 Å². The highest BCUT2D eigenvalue weighted by Gasteiger charge is 2.10. The molecule has 21 heavy (non-hydrogen) atoms. The molecular formula is C14H15N5OS. The van der Waals surface area contributed by atoms with Crippen LogP contribution in [0.3, 0.4) is 0 Å². The van der Waals surface area contributed by atoms with Crippen LogP contribution in [-0.2, 0) is 0 Å². The van der Waals surface area contributed by atoms with E-state index in [1.54, 1.807) is 12.4 Å². The van der Waals surface area contributed by atoms with E-state index in [1.165, 1.54) is 11.3 Å². The number of imidazole rings is 1. The second kappa shape index (κ2) is 5.53. The highest BCUT2D eigenvalue weighted by atomic mass is 32.1. The average molecular weight is 301 g/mol. The minimum absolute atomic E-state index is 0.344. The zero-order valence-corrected chi connectivity index (χ0v) is 12.5. The number of urea groups is 1. The predicted molar refractivity (Wildman–Crippen MR) is 84.0 cm³/mol. The summed E-state index contributed by atoms with van der Waals surface area (Å²) in [4.78, 5) is 21.6. The maximum absolute atomic E-state index is 11.9. The van der Waals surface area contributed by atoms with Crippen LogP contribution in [0.5, 0.6) is 0 Å². The van der Waals surface area contributed by atoms with Gasteiger partial charge in [-0.3, -0.25) is 10.6 Å². The molecule has 0 aromatic carbocycles. The number of anilines is 2. The molecule has 2 N–H and O–H groups in total. The summed E-state index contributed by atoms with van der Waals surface area (Å²) < 4.78 is 1.84. The summed E-state index contributed by atoms with van der Waals surface area (Å²) in [5.41, 5.74) is 0.782. The quantitative estimate of drug-likeness (QED) is 0.777. The number of carbonyl (C=O) groups is 1. The molecular weight excluding hydrogens is 286 g/mol. The summed E-state index contributed by atoms with van der Waals surface area (Å²) in [6, 6.07) is 5.33. The van der Waals surface area contributed by atoms with Gasteiger partial charge in [0.15, 0.2) is 10.9 Å². The molecule has 3 rings (SSSR count). The van der Waals surface area contributed by atoms with Gasteiger partial charge >= 0.3 is 6.03 Å². The Hall–Kier alpha value is -2.41. The third-order valence-electron chi connectivity index (χ3n) is 2.92. The fourth-order valence-electron chi connectivity index (χ4n) is 1.85. The van der Waals surface area contributed by atoms with Crippen molar-refractivity contribution in [3.8, 4) is 0 Å².